The predicted octanol–water partition coefficient (Wildman–Crippen LogP) is 2.98. The van der Waals surface area contributed by atoms with Crippen LogP contribution in [0.15, 0.2) is 30.9 Å². The van der Waals surface area contributed by atoms with Crippen molar-refractivity contribution in [1.82, 2.24) is 0 Å². The van der Waals surface area contributed by atoms with Crippen molar-refractivity contribution in [3.05, 3.63) is 40.9 Å². The number of carboxylic acids is 1. The summed E-state index contributed by atoms with van der Waals surface area (Å²) < 4.78 is 5.12. The smallest absolute Gasteiger partial charge is 0.306 e. The number of carbonyl (C=O) groups excluding carboxylic acids is 1. The molecule has 2 N–H and O–H groups in total. The molecule has 0 bridgehead atoms. The highest BCUT2D eigenvalue weighted by Gasteiger charge is 2.22. The molecule has 1 rings (SSSR count). The molecule has 7 heteroatoms. The SMILES string of the molecule is C=CCOC(CC(=O)O)C(=O)Nc1cc(Cl)cc(Cl)c1. The zero-order valence-corrected chi connectivity index (χ0v) is 11.9. The van der Waals surface area contributed by atoms with Crippen LogP contribution in [0.5, 0.6) is 0 Å². The summed E-state index contributed by atoms with van der Waals surface area (Å²) in [6.07, 6.45) is -0.143. The summed E-state index contributed by atoms with van der Waals surface area (Å²) in [4.78, 5) is 22.7. The largest absolute Gasteiger partial charge is 0.481 e. The molecule has 1 atom stereocenters. The summed E-state index contributed by atoms with van der Waals surface area (Å²) in [5, 5.41) is 12.0. The van der Waals surface area contributed by atoms with Crippen LogP contribution in [0.25, 0.3) is 0 Å². The van der Waals surface area contributed by atoms with Crippen LogP contribution in [0.1, 0.15) is 6.42 Å². The summed E-state index contributed by atoms with van der Waals surface area (Å²) in [6, 6.07) is 4.51. The van der Waals surface area contributed by atoms with E-state index >= 15 is 0 Å². The van der Waals surface area contributed by atoms with Gasteiger partial charge in [-0.25, -0.2) is 0 Å². The van der Waals surface area contributed by atoms with E-state index in [1.807, 2.05) is 0 Å². The lowest BCUT2D eigenvalue weighted by Gasteiger charge is -2.15. The Labute approximate surface area is 126 Å². The number of hydrogen-bond donors (Lipinski definition) is 2. The lowest BCUT2D eigenvalue weighted by Crippen LogP contribution is -2.32. The molecule has 1 aromatic rings. The third-order valence-electron chi connectivity index (χ3n) is 2.20. The number of nitrogens with one attached hydrogen (secondary N) is 1. The Morgan fingerprint density at radius 3 is 2.45 bits per heavy atom. The van der Waals surface area contributed by atoms with Gasteiger partial charge in [-0.15, -0.1) is 6.58 Å². The molecule has 5 nitrogen and oxygen atoms in total. The number of halogens is 2. The number of carboxylic acid groups (broad SMARTS) is 1. The Hall–Kier alpha value is -1.56. The zero-order chi connectivity index (χ0) is 15.1. The standard InChI is InChI=1S/C13H13Cl2NO4/c1-2-3-20-11(7-12(17)18)13(19)16-10-5-8(14)4-9(15)6-10/h2,4-6,11H,1,3,7H2,(H,16,19)(H,17,18). The second kappa shape index (κ2) is 7.89. The normalized spacial score (nSPS) is 11.7. The number of rotatable bonds is 7. The van der Waals surface area contributed by atoms with Gasteiger partial charge in [0.1, 0.15) is 6.10 Å². The molecule has 0 aromatic heterocycles. The lowest BCUT2D eigenvalue weighted by atomic mass is 10.2. The van der Waals surface area contributed by atoms with Crippen molar-refractivity contribution in [2.45, 2.75) is 12.5 Å². The van der Waals surface area contributed by atoms with E-state index in [1.54, 1.807) is 0 Å². The van der Waals surface area contributed by atoms with Gasteiger partial charge in [0.05, 0.1) is 13.0 Å². The molecular weight excluding hydrogens is 305 g/mol. The molecule has 0 fully saturated rings. The van der Waals surface area contributed by atoms with Crippen molar-refractivity contribution in [2.24, 2.45) is 0 Å². The number of aliphatic carboxylic acids is 1. The summed E-state index contributed by atoms with van der Waals surface area (Å²) in [6.45, 7) is 3.51. The van der Waals surface area contributed by atoms with Crippen LogP contribution >= 0.6 is 23.2 Å². The summed E-state index contributed by atoms with van der Waals surface area (Å²) in [5.41, 5.74) is 0.366. The first-order valence-electron chi connectivity index (χ1n) is 5.63. The predicted molar refractivity (Wildman–Crippen MR) is 77.3 cm³/mol. The minimum atomic E-state index is -1.14. The molecule has 1 aromatic carbocycles. The van der Waals surface area contributed by atoms with Crippen molar-refractivity contribution in [2.75, 3.05) is 11.9 Å². The molecule has 0 aliphatic heterocycles. The molecule has 0 saturated carbocycles. The Balaban J connectivity index is 2.78. The van der Waals surface area contributed by atoms with Gasteiger partial charge in [-0.05, 0) is 18.2 Å². The quantitative estimate of drug-likeness (QED) is 0.758. The average Bonchev–Trinajstić information content (AvgIpc) is 2.32. The van der Waals surface area contributed by atoms with Crippen LogP contribution in [0.2, 0.25) is 10.0 Å². The van der Waals surface area contributed by atoms with Gasteiger partial charge < -0.3 is 15.2 Å². The highest BCUT2D eigenvalue weighted by atomic mass is 35.5. The number of ether oxygens (including phenoxy) is 1. The van der Waals surface area contributed by atoms with E-state index in [2.05, 4.69) is 11.9 Å². The van der Waals surface area contributed by atoms with Gasteiger partial charge in [0.2, 0.25) is 0 Å². The monoisotopic (exact) mass is 317 g/mol. The fourth-order valence-electron chi connectivity index (χ4n) is 1.42. The third kappa shape index (κ3) is 5.61. The van der Waals surface area contributed by atoms with E-state index in [0.717, 1.165) is 0 Å². The number of amides is 1. The topological polar surface area (TPSA) is 75.6 Å². The Morgan fingerprint density at radius 2 is 1.95 bits per heavy atom. The maximum atomic E-state index is 12.0. The molecule has 0 saturated heterocycles. The van der Waals surface area contributed by atoms with Crippen molar-refractivity contribution in [3.63, 3.8) is 0 Å². The van der Waals surface area contributed by atoms with Gasteiger partial charge in [-0.1, -0.05) is 29.3 Å². The minimum Gasteiger partial charge on any atom is -0.481 e. The summed E-state index contributed by atoms with van der Waals surface area (Å²) in [5.74, 6) is -1.73. The number of carbonyl (C=O) groups is 2. The van der Waals surface area contributed by atoms with Crippen molar-refractivity contribution >= 4 is 40.8 Å². The van der Waals surface area contributed by atoms with Crippen molar-refractivity contribution in [3.8, 4) is 0 Å². The maximum Gasteiger partial charge on any atom is 0.306 e. The average molecular weight is 318 g/mol. The first-order valence-corrected chi connectivity index (χ1v) is 6.39. The highest BCUT2D eigenvalue weighted by Crippen LogP contribution is 2.22. The number of anilines is 1. The fraction of sp³-hybridized carbons (Fsp3) is 0.231. The van der Waals surface area contributed by atoms with Crippen LogP contribution in [-0.2, 0) is 14.3 Å². The molecular formula is C13H13Cl2NO4. The summed E-state index contributed by atoms with van der Waals surface area (Å²) >= 11 is 11.6. The van der Waals surface area contributed by atoms with Gasteiger partial charge >= 0.3 is 5.97 Å². The van der Waals surface area contributed by atoms with E-state index in [4.69, 9.17) is 33.0 Å². The molecule has 0 aliphatic carbocycles. The third-order valence-corrected chi connectivity index (χ3v) is 2.63. The highest BCUT2D eigenvalue weighted by molar-refractivity contribution is 6.35. The molecule has 0 heterocycles. The Morgan fingerprint density at radius 1 is 1.35 bits per heavy atom. The minimum absolute atomic E-state index is 0.0711. The first kappa shape index (κ1) is 16.5. The zero-order valence-electron chi connectivity index (χ0n) is 10.4. The molecule has 108 valence electrons. The van der Waals surface area contributed by atoms with E-state index in [-0.39, 0.29) is 6.61 Å². The van der Waals surface area contributed by atoms with E-state index in [9.17, 15) is 9.59 Å². The first-order chi connectivity index (χ1) is 9.42. The van der Waals surface area contributed by atoms with Gasteiger partial charge in [-0.2, -0.15) is 0 Å². The lowest BCUT2D eigenvalue weighted by molar-refractivity contribution is -0.144. The molecule has 20 heavy (non-hydrogen) atoms. The van der Waals surface area contributed by atoms with Crippen molar-refractivity contribution < 1.29 is 19.4 Å². The Bertz CT molecular complexity index is 499. The van der Waals surface area contributed by atoms with Crippen molar-refractivity contribution in [1.29, 1.82) is 0 Å². The fourth-order valence-corrected chi connectivity index (χ4v) is 1.94. The van der Waals surface area contributed by atoms with Crippen LogP contribution < -0.4 is 5.32 Å². The van der Waals surface area contributed by atoms with Gasteiger partial charge in [-0.3, -0.25) is 9.59 Å². The maximum absolute atomic E-state index is 12.0. The second-order valence-corrected chi connectivity index (χ2v) is 4.73. The van der Waals surface area contributed by atoms with E-state index in [1.165, 1.54) is 24.3 Å². The van der Waals surface area contributed by atoms with Crippen LogP contribution in [0, 0.1) is 0 Å². The number of hydrogen-bond acceptors (Lipinski definition) is 3. The number of benzene rings is 1. The molecule has 0 aliphatic rings. The van der Waals surface area contributed by atoms with E-state index < -0.39 is 24.4 Å². The van der Waals surface area contributed by atoms with Crippen LogP contribution in [-0.4, -0.2) is 29.7 Å². The molecule has 0 radical (unpaired) electrons. The summed E-state index contributed by atoms with van der Waals surface area (Å²) in [7, 11) is 0. The Kier molecular flexibility index (Phi) is 6.51. The molecule has 1 unspecified atom stereocenters. The van der Waals surface area contributed by atoms with Gasteiger partial charge in [0.25, 0.3) is 5.91 Å². The second-order valence-electron chi connectivity index (χ2n) is 3.86. The van der Waals surface area contributed by atoms with Crippen LogP contribution in [0.4, 0.5) is 5.69 Å². The van der Waals surface area contributed by atoms with Gasteiger partial charge in [0.15, 0.2) is 0 Å². The van der Waals surface area contributed by atoms with Gasteiger partial charge in [0, 0.05) is 15.7 Å². The molecule has 1 amide bonds. The van der Waals surface area contributed by atoms with E-state index in [0.29, 0.717) is 15.7 Å². The van der Waals surface area contributed by atoms with Crippen LogP contribution in [0.3, 0.4) is 0 Å². The molecule has 0 spiro atoms.